The van der Waals surface area contributed by atoms with Crippen LogP contribution in [-0.2, 0) is 0 Å². The lowest BCUT2D eigenvalue weighted by molar-refractivity contribution is 1.41. The Balaban J connectivity index is 1.51. The smallest absolute Gasteiger partial charge is 0.0722 e. The third-order valence-corrected chi connectivity index (χ3v) is 7.15. The minimum atomic E-state index is 1.04. The summed E-state index contributed by atoms with van der Waals surface area (Å²) in [6.45, 7) is 0. The molecule has 1 aliphatic carbocycles. The van der Waals surface area contributed by atoms with E-state index in [1.165, 1.54) is 53.4 Å². The molecule has 0 spiro atoms. The SMILES string of the molecule is c1ccc2c(c1)-c1cccc3nc(-c4ccc5c(c4)sc4ccccc45)cc-2c13. The summed E-state index contributed by atoms with van der Waals surface area (Å²) in [7, 11) is 0. The van der Waals surface area contributed by atoms with Crippen LogP contribution in [0.3, 0.4) is 0 Å². The molecule has 0 atom stereocenters. The highest BCUT2D eigenvalue weighted by Crippen LogP contribution is 2.47. The Morgan fingerprint density at radius 1 is 0.552 bits per heavy atom. The van der Waals surface area contributed by atoms with Gasteiger partial charge in [-0.2, -0.15) is 0 Å². The number of nitrogens with zero attached hydrogens (tertiary/aromatic N) is 1. The van der Waals surface area contributed by atoms with E-state index in [2.05, 4.69) is 91.0 Å². The molecule has 0 saturated carbocycles. The summed E-state index contributed by atoms with van der Waals surface area (Å²) in [5, 5.41) is 3.94. The summed E-state index contributed by atoms with van der Waals surface area (Å²) in [5.74, 6) is 0. The van der Waals surface area contributed by atoms with Crippen molar-refractivity contribution in [2.75, 3.05) is 0 Å². The number of thiophene rings is 1. The third kappa shape index (κ3) is 2.07. The molecule has 4 aromatic carbocycles. The maximum Gasteiger partial charge on any atom is 0.0722 e. The van der Waals surface area contributed by atoms with Gasteiger partial charge in [-0.3, -0.25) is 0 Å². The van der Waals surface area contributed by atoms with Gasteiger partial charge in [-0.25, -0.2) is 4.98 Å². The van der Waals surface area contributed by atoms with Crippen LogP contribution in [0, 0.1) is 0 Å². The van der Waals surface area contributed by atoms with Gasteiger partial charge < -0.3 is 0 Å². The van der Waals surface area contributed by atoms with Crippen molar-refractivity contribution in [3.05, 3.63) is 91.0 Å². The molecule has 0 aliphatic heterocycles. The van der Waals surface area contributed by atoms with Crippen molar-refractivity contribution in [3.8, 4) is 33.5 Å². The van der Waals surface area contributed by atoms with Crippen molar-refractivity contribution in [2.45, 2.75) is 0 Å². The minimum absolute atomic E-state index is 1.04. The Morgan fingerprint density at radius 3 is 2.24 bits per heavy atom. The zero-order valence-electron chi connectivity index (χ0n) is 15.5. The zero-order valence-corrected chi connectivity index (χ0v) is 16.3. The fourth-order valence-electron chi connectivity index (χ4n) is 4.71. The minimum Gasteiger partial charge on any atom is -0.248 e. The molecule has 0 unspecified atom stereocenters. The van der Waals surface area contributed by atoms with Gasteiger partial charge in [0.25, 0.3) is 0 Å². The van der Waals surface area contributed by atoms with Crippen LogP contribution in [0.15, 0.2) is 91.0 Å². The number of fused-ring (bicyclic) bond motifs is 6. The van der Waals surface area contributed by atoms with Crippen molar-refractivity contribution < 1.29 is 0 Å². The van der Waals surface area contributed by atoms with Gasteiger partial charge >= 0.3 is 0 Å². The predicted octanol–water partition coefficient (Wildman–Crippen LogP) is 7.92. The second-order valence-corrected chi connectivity index (χ2v) is 8.69. The van der Waals surface area contributed by atoms with E-state index >= 15 is 0 Å². The van der Waals surface area contributed by atoms with E-state index in [-0.39, 0.29) is 0 Å². The van der Waals surface area contributed by atoms with Gasteiger partial charge in [0.15, 0.2) is 0 Å². The van der Waals surface area contributed by atoms with Crippen LogP contribution < -0.4 is 0 Å². The van der Waals surface area contributed by atoms with Crippen LogP contribution in [0.1, 0.15) is 0 Å². The zero-order chi connectivity index (χ0) is 18.9. The second-order valence-electron chi connectivity index (χ2n) is 7.61. The molecule has 134 valence electrons. The van der Waals surface area contributed by atoms with E-state index in [9.17, 15) is 0 Å². The van der Waals surface area contributed by atoms with Crippen LogP contribution in [0.25, 0.3) is 64.6 Å². The van der Waals surface area contributed by atoms with Gasteiger partial charge in [-0.05, 0) is 46.5 Å². The van der Waals surface area contributed by atoms with Crippen LogP contribution >= 0.6 is 11.3 Å². The summed E-state index contributed by atoms with van der Waals surface area (Å²) < 4.78 is 2.65. The standard InChI is InChI=1S/C27H15NS/c1-2-7-18-17(6-1)21-9-5-10-23-27(21)22(18)15-24(28-23)16-12-13-20-19-8-3-4-11-25(19)29-26(20)14-16/h1-15H. The van der Waals surface area contributed by atoms with Gasteiger partial charge in [0.1, 0.15) is 0 Å². The molecule has 0 saturated heterocycles. The molecule has 7 rings (SSSR count). The highest BCUT2D eigenvalue weighted by molar-refractivity contribution is 7.25. The van der Waals surface area contributed by atoms with E-state index < -0.39 is 0 Å². The average molecular weight is 385 g/mol. The Hall–Kier alpha value is -3.49. The summed E-state index contributed by atoms with van der Waals surface area (Å²) in [6, 6.07) is 32.8. The maximum absolute atomic E-state index is 5.06. The number of benzene rings is 4. The largest absolute Gasteiger partial charge is 0.248 e. The van der Waals surface area contributed by atoms with Crippen LogP contribution in [-0.4, -0.2) is 4.98 Å². The van der Waals surface area contributed by atoms with Gasteiger partial charge in [0.05, 0.1) is 11.2 Å². The molecule has 0 N–H and O–H groups in total. The highest BCUT2D eigenvalue weighted by atomic mass is 32.1. The molecular formula is C27H15NS. The molecule has 2 aromatic heterocycles. The fraction of sp³-hybridized carbons (Fsp3) is 0. The molecule has 6 aromatic rings. The highest BCUT2D eigenvalue weighted by Gasteiger charge is 2.22. The molecule has 29 heavy (non-hydrogen) atoms. The lowest BCUT2D eigenvalue weighted by atomic mass is 10.0. The Morgan fingerprint density at radius 2 is 1.31 bits per heavy atom. The van der Waals surface area contributed by atoms with Crippen LogP contribution in [0.4, 0.5) is 0 Å². The number of aromatic nitrogens is 1. The number of pyridine rings is 1. The molecule has 0 fully saturated rings. The summed E-state index contributed by atoms with van der Waals surface area (Å²) in [5.41, 5.74) is 8.51. The molecule has 1 aliphatic rings. The summed E-state index contributed by atoms with van der Waals surface area (Å²) >= 11 is 1.86. The first-order valence-corrected chi connectivity index (χ1v) is 10.6. The Bertz CT molecular complexity index is 1610. The molecule has 2 heterocycles. The van der Waals surface area contributed by atoms with E-state index in [1.54, 1.807) is 0 Å². The van der Waals surface area contributed by atoms with E-state index in [1.807, 2.05) is 11.3 Å². The first-order valence-electron chi connectivity index (χ1n) is 9.82. The second kappa shape index (κ2) is 5.53. The number of rotatable bonds is 1. The fourth-order valence-corrected chi connectivity index (χ4v) is 5.86. The molecule has 0 radical (unpaired) electrons. The monoisotopic (exact) mass is 385 g/mol. The van der Waals surface area contributed by atoms with Gasteiger partial charge in [0, 0.05) is 31.1 Å². The lowest BCUT2D eigenvalue weighted by Gasteiger charge is -2.07. The molecule has 0 bridgehead atoms. The van der Waals surface area contributed by atoms with Crippen molar-refractivity contribution in [1.29, 1.82) is 0 Å². The quantitative estimate of drug-likeness (QED) is 0.280. The summed E-state index contributed by atoms with van der Waals surface area (Å²) in [4.78, 5) is 5.06. The van der Waals surface area contributed by atoms with E-state index in [4.69, 9.17) is 4.98 Å². The maximum atomic E-state index is 5.06. The van der Waals surface area contributed by atoms with E-state index in [0.717, 1.165) is 11.2 Å². The van der Waals surface area contributed by atoms with Gasteiger partial charge in [0.2, 0.25) is 0 Å². The van der Waals surface area contributed by atoms with Gasteiger partial charge in [-0.15, -0.1) is 11.3 Å². The summed E-state index contributed by atoms with van der Waals surface area (Å²) in [6.07, 6.45) is 0. The van der Waals surface area contributed by atoms with E-state index in [0.29, 0.717) is 0 Å². The number of hydrogen-bond acceptors (Lipinski definition) is 2. The van der Waals surface area contributed by atoms with Crippen molar-refractivity contribution in [3.63, 3.8) is 0 Å². The predicted molar refractivity (Wildman–Crippen MR) is 124 cm³/mol. The first-order chi connectivity index (χ1) is 14.4. The topological polar surface area (TPSA) is 12.9 Å². The van der Waals surface area contributed by atoms with Crippen molar-refractivity contribution in [1.82, 2.24) is 4.98 Å². The van der Waals surface area contributed by atoms with Crippen molar-refractivity contribution >= 4 is 42.4 Å². The molecule has 2 heteroatoms. The number of hydrogen-bond donors (Lipinski definition) is 0. The normalized spacial score (nSPS) is 12.1. The molecule has 1 nitrogen and oxygen atoms in total. The molecule has 0 amide bonds. The van der Waals surface area contributed by atoms with Gasteiger partial charge in [-0.1, -0.05) is 66.7 Å². The first kappa shape index (κ1) is 15.4. The van der Waals surface area contributed by atoms with Crippen LogP contribution in [0.5, 0.6) is 0 Å². The van der Waals surface area contributed by atoms with Crippen molar-refractivity contribution in [2.24, 2.45) is 0 Å². The third-order valence-electron chi connectivity index (χ3n) is 6.02. The average Bonchev–Trinajstić information content (AvgIpc) is 3.31. The lowest BCUT2D eigenvalue weighted by Crippen LogP contribution is -1.87. The van der Waals surface area contributed by atoms with Crippen LogP contribution in [0.2, 0.25) is 0 Å². The Labute approximate surface area is 171 Å². The molecular weight excluding hydrogens is 370 g/mol. The Kier molecular flexibility index (Phi) is 2.94.